The van der Waals surface area contributed by atoms with Gasteiger partial charge in [-0.15, -0.1) is 0 Å². The van der Waals surface area contributed by atoms with Gasteiger partial charge in [0.1, 0.15) is 0 Å². The fourth-order valence-corrected chi connectivity index (χ4v) is 3.35. The first-order valence-electron chi connectivity index (χ1n) is 8.34. The Morgan fingerprint density at radius 3 is 2.40 bits per heavy atom. The molecule has 116 valence electrons. The van der Waals surface area contributed by atoms with E-state index in [2.05, 4.69) is 35.5 Å². The van der Waals surface area contributed by atoms with Crippen LogP contribution in [0.1, 0.15) is 40.0 Å². The maximum Gasteiger partial charge on any atom is 0.223 e. The molecule has 0 aliphatic carbocycles. The van der Waals surface area contributed by atoms with Gasteiger partial charge in [-0.3, -0.25) is 9.69 Å². The van der Waals surface area contributed by atoms with Gasteiger partial charge in [-0.05, 0) is 32.7 Å². The minimum Gasteiger partial charge on any atom is -0.340 e. The number of hydrogen-bond acceptors (Lipinski definition) is 3. The topological polar surface area (TPSA) is 26.8 Å². The Kier molecular flexibility index (Phi) is 5.85. The van der Waals surface area contributed by atoms with Crippen molar-refractivity contribution in [1.29, 1.82) is 0 Å². The van der Waals surface area contributed by atoms with Crippen molar-refractivity contribution in [3.63, 3.8) is 0 Å². The zero-order valence-corrected chi connectivity index (χ0v) is 13.5. The molecule has 1 amide bonds. The Balaban J connectivity index is 1.66. The molecule has 4 heteroatoms. The van der Waals surface area contributed by atoms with Crippen LogP contribution in [0.15, 0.2) is 0 Å². The summed E-state index contributed by atoms with van der Waals surface area (Å²) in [5.74, 6) is 1.22. The van der Waals surface area contributed by atoms with Crippen molar-refractivity contribution >= 4 is 5.91 Å². The van der Waals surface area contributed by atoms with Gasteiger partial charge in [0.2, 0.25) is 5.91 Å². The van der Waals surface area contributed by atoms with Gasteiger partial charge in [-0.1, -0.05) is 13.3 Å². The van der Waals surface area contributed by atoms with Crippen LogP contribution in [-0.4, -0.2) is 72.5 Å². The second-order valence-electron chi connectivity index (χ2n) is 6.62. The summed E-state index contributed by atoms with van der Waals surface area (Å²) in [5, 5.41) is 0. The van der Waals surface area contributed by atoms with Crippen molar-refractivity contribution < 1.29 is 4.79 Å². The number of carbonyl (C=O) groups excluding carboxylic acids is 1. The van der Waals surface area contributed by atoms with Crippen molar-refractivity contribution in [2.75, 3.05) is 45.8 Å². The van der Waals surface area contributed by atoms with Crippen LogP contribution in [0.3, 0.4) is 0 Å². The Bertz CT molecular complexity index is 311. The largest absolute Gasteiger partial charge is 0.340 e. The summed E-state index contributed by atoms with van der Waals surface area (Å²) in [6.07, 6.45) is 3.30. The molecule has 2 rings (SSSR count). The minimum absolute atomic E-state index is 0.355. The first-order chi connectivity index (χ1) is 9.60. The highest BCUT2D eigenvalue weighted by Crippen LogP contribution is 2.19. The Labute approximate surface area is 124 Å². The van der Waals surface area contributed by atoms with Crippen LogP contribution >= 0.6 is 0 Å². The lowest BCUT2D eigenvalue weighted by atomic mass is 10.1. The highest BCUT2D eigenvalue weighted by Gasteiger charge is 2.24. The summed E-state index contributed by atoms with van der Waals surface area (Å²) in [7, 11) is 0. The van der Waals surface area contributed by atoms with Gasteiger partial charge in [-0.25, -0.2) is 0 Å². The van der Waals surface area contributed by atoms with Crippen molar-refractivity contribution in [3.8, 4) is 0 Å². The molecule has 2 fully saturated rings. The van der Waals surface area contributed by atoms with Gasteiger partial charge >= 0.3 is 0 Å². The highest BCUT2D eigenvalue weighted by atomic mass is 16.2. The molecule has 2 aliphatic rings. The summed E-state index contributed by atoms with van der Waals surface area (Å²) >= 11 is 0. The van der Waals surface area contributed by atoms with E-state index < -0.39 is 0 Å². The van der Waals surface area contributed by atoms with E-state index in [4.69, 9.17) is 0 Å². The first-order valence-corrected chi connectivity index (χ1v) is 8.34. The molecule has 2 saturated heterocycles. The quantitative estimate of drug-likeness (QED) is 0.767. The van der Waals surface area contributed by atoms with E-state index in [-0.39, 0.29) is 0 Å². The van der Waals surface area contributed by atoms with Gasteiger partial charge in [0.25, 0.3) is 0 Å². The standard InChI is InChI=1S/C16H31N3O/c1-4-15-5-7-17(13-15)8-6-16(20)19-11-9-18(10-12-19)14(2)3/h14-15H,4-13H2,1-3H3/t15-/m1/s1. The molecular weight excluding hydrogens is 250 g/mol. The summed E-state index contributed by atoms with van der Waals surface area (Å²) in [6.45, 7) is 14.0. The van der Waals surface area contributed by atoms with E-state index in [1.54, 1.807) is 0 Å². The van der Waals surface area contributed by atoms with Crippen LogP contribution in [-0.2, 0) is 4.79 Å². The molecule has 20 heavy (non-hydrogen) atoms. The lowest BCUT2D eigenvalue weighted by molar-refractivity contribution is -0.133. The van der Waals surface area contributed by atoms with Crippen LogP contribution < -0.4 is 0 Å². The lowest BCUT2D eigenvalue weighted by Gasteiger charge is -2.37. The highest BCUT2D eigenvalue weighted by molar-refractivity contribution is 5.76. The lowest BCUT2D eigenvalue weighted by Crippen LogP contribution is -2.51. The maximum absolute atomic E-state index is 12.3. The predicted octanol–water partition coefficient (Wildman–Crippen LogP) is 1.66. The van der Waals surface area contributed by atoms with Crippen molar-refractivity contribution in [3.05, 3.63) is 0 Å². The zero-order valence-electron chi connectivity index (χ0n) is 13.5. The van der Waals surface area contributed by atoms with Gasteiger partial charge in [0.05, 0.1) is 0 Å². The Morgan fingerprint density at radius 2 is 1.85 bits per heavy atom. The molecule has 0 unspecified atom stereocenters. The Morgan fingerprint density at radius 1 is 1.15 bits per heavy atom. The number of piperazine rings is 1. The van der Waals surface area contributed by atoms with E-state index >= 15 is 0 Å². The normalized spacial score (nSPS) is 25.6. The van der Waals surface area contributed by atoms with Gasteiger partial charge in [0.15, 0.2) is 0 Å². The second kappa shape index (κ2) is 7.41. The minimum atomic E-state index is 0.355. The van der Waals surface area contributed by atoms with E-state index in [0.29, 0.717) is 18.4 Å². The third kappa shape index (κ3) is 4.19. The summed E-state index contributed by atoms with van der Waals surface area (Å²) in [5.41, 5.74) is 0. The molecule has 0 spiro atoms. The molecule has 0 radical (unpaired) electrons. The molecule has 0 bridgehead atoms. The summed E-state index contributed by atoms with van der Waals surface area (Å²) in [4.78, 5) is 19.2. The number of nitrogens with zero attached hydrogens (tertiary/aromatic N) is 3. The second-order valence-corrected chi connectivity index (χ2v) is 6.62. The van der Waals surface area contributed by atoms with E-state index in [1.807, 2.05) is 0 Å². The predicted molar refractivity (Wildman–Crippen MR) is 82.7 cm³/mol. The van der Waals surface area contributed by atoms with E-state index in [0.717, 1.165) is 38.6 Å². The molecule has 1 atom stereocenters. The third-order valence-corrected chi connectivity index (χ3v) is 4.99. The molecule has 4 nitrogen and oxygen atoms in total. The smallest absolute Gasteiger partial charge is 0.223 e. The number of likely N-dealkylation sites (tertiary alicyclic amines) is 1. The molecule has 2 heterocycles. The van der Waals surface area contributed by atoms with Gasteiger partial charge in [0, 0.05) is 51.7 Å². The molecule has 2 aliphatic heterocycles. The number of rotatable bonds is 5. The number of carbonyl (C=O) groups is 1. The van der Waals surface area contributed by atoms with Crippen LogP contribution in [0.25, 0.3) is 0 Å². The fourth-order valence-electron chi connectivity index (χ4n) is 3.35. The van der Waals surface area contributed by atoms with Crippen molar-refractivity contribution in [2.24, 2.45) is 5.92 Å². The zero-order chi connectivity index (χ0) is 14.5. The Hall–Kier alpha value is -0.610. The molecule has 0 saturated carbocycles. The SMILES string of the molecule is CC[C@@H]1CCN(CCC(=O)N2CCN(C(C)C)CC2)C1. The van der Waals surface area contributed by atoms with Crippen LogP contribution in [0.4, 0.5) is 0 Å². The van der Waals surface area contributed by atoms with Crippen LogP contribution in [0, 0.1) is 5.92 Å². The summed E-state index contributed by atoms with van der Waals surface area (Å²) in [6, 6.07) is 0.600. The average molecular weight is 281 g/mol. The van der Waals surface area contributed by atoms with E-state index in [1.165, 1.54) is 25.9 Å². The monoisotopic (exact) mass is 281 g/mol. The van der Waals surface area contributed by atoms with Crippen LogP contribution in [0.5, 0.6) is 0 Å². The molecule has 0 N–H and O–H groups in total. The fraction of sp³-hybridized carbons (Fsp3) is 0.938. The van der Waals surface area contributed by atoms with Gasteiger partial charge in [-0.2, -0.15) is 0 Å². The van der Waals surface area contributed by atoms with E-state index in [9.17, 15) is 4.79 Å². The summed E-state index contributed by atoms with van der Waals surface area (Å²) < 4.78 is 0. The maximum atomic E-state index is 12.3. The van der Waals surface area contributed by atoms with Crippen molar-refractivity contribution in [2.45, 2.75) is 46.1 Å². The first kappa shape index (κ1) is 15.8. The van der Waals surface area contributed by atoms with Crippen LogP contribution in [0.2, 0.25) is 0 Å². The third-order valence-electron chi connectivity index (χ3n) is 4.99. The van der Waals surface area contributed by atoms with Crippen molar-refractivity contribution in [1.82, 2.24) is 14.7 Å². The molecule has 0 aromatic rings. The molecule has 0 aromatic heterocycles. The average Bonchev–Trinajstić information content (AvgIpc) is 2.93. The molecular formula is C16H31N3O. The molecule has 0 aromatic carbocycles. The number of amides is 1. The number of hydrogen-bond donors (Lipinski definition) is 0. The van der Waals surface area contributed by atoms with Gasteiger partial charge < -0.3 is 9.80 Å².